The molecule has 1 heterocycles. The summed E-state index contributed by atoms with van der Waals surface area (Å²) in [5.74, 6) is -0.717. The molecule has 2 rings (SSSR count). The number of aliphatic imine (C=N–C) groups is 1. The highest BCUT2D eigenvalue weighted by atomic mass is 35.5. The number of rotatable bonds is 3. The first-order valence-corrected chi connectivity index (χ1v) is 5.64. The molecule has 3 nitrogen and oxygen atoms in total. The van der Waals surface area contributed by atoms with Crippen LogP contribution in [0.2, 0.25) is 0 Å². The van der Waals surface area contributed by atoms with Crippen molar-refractivity contribution in [2.75, 3.05) is 5.88 Å². The van der Waals surface area contributed by atoms with E-state index in [4.69, 9.17) is 11.6 Å². The lowest BCUT2D eigenvalue weighted by atomic mass is 9.85. The van der Waals surface area contributed by atoms with Gasteiger partial charge in [0.05, 0.1) is 17.1 Å². The number of fused-ring (bicyclic) bond motifs is 1. The molecule has 5 heteroatoms. The molecular weight excluding hydrogens is 245 g/mol. The highest BCUT2D eigenvalue weighted by Crippen LogP contribution is 2.40. The van der Waals surface area contributed by atoms with Gasteiger partial charge in [0.2, 0.25) is 0 Å². The fraction of sp³-hybridized carbons (Fsp3) is 0.333. The Morgan fingerprint density at radius 2 is 2.24 bits per heavy atom. The van der Waals surface area contributed by atoms with Crippen LogP contribution in [0.15, 0.2) is 17.1 Å². The van der Waals surface area contributed by atoms with Crippen LogP contribution < -0.4 is 4.94 Å². The summed E-state index contributed by atoms with van der Waals surface area (Å²) in [5, 5.41) is 0. The van der Waals surface area contributed by atoms with Crippen molar-refractivity contribution >= 4 is 29.3 Å². The van der Waals surface area contributed by atoms with E-state index in [2.05, 4.69) is 9.93 Å². The third-order valence-corrected chi connectivity index (χ3v) is 3.07. The molecule has 0 saturated heterocycles. The summed E-state index contributed by atoms with van der Waals surface area (Å²) in [4.78, 5) is 19.5. The van der Waals surface area contributed by atoms with Crippen LogP contribution in [0.4, 0.5) is 10.2 Å². The molecule has 0 radical (unpaired) electrons. The molecule has 0 fully saturated rings. The van der Waals surface area contributed by atoms with E-state index in [-0.39, 0.29) is 28.4 Å². The first kappa shape index (κ1) is 12.0. The molecule has 0 unspecified atom stereocenters. The third kappa shape index (κ3) is 1.93. The number of Topliss-reactive ketones (excluding diaryl/α,β-unsaturated/α-hetero) is 1. The van der Waals surface area contributed by atoms with E-state index in [1.165, 1.54) is 6.07 Å². The number of hydrogen-bond donors (Lipinski definition) is 0. The van der Waals surface area contributed by atoms with Gasteiger partial charge in [-0.05, 0) is 11.6 Å². The van der Waals surface area contributed by atoms with Gasteiger partial charge in [-0.15, -0.1) is 11.6 Å². The van der Waals surface area contributed by atoms with Crippen molar-refractivity contribution < 1.29 is 14.3 Å². The smallest absolute Gasteiger partial charge is 0.184 e. The lowest BCUT2D eigenvalue weighted by Crippen LogP contribution is -2.16. The SMILES string of the molecule is CC1(C)C=Nc2cc(OF)c(C(=O)CCl)cc21. The topological polar surface area (TPSA) is 38.7 Å². The maximum Gasteiger partial charge on any atom is 0.184 e. The van der Waals surface area contributed by atoms with Crippen LogP contribution in [-0.4, -0.2) is 17.9 Å². The molecule has 1 aliphatic rings. The average Bonchev–Trinajstić information content (AvgIpc) is 2.62. The van der Waals surface area contributed by atoms with E-state index in [1.54, 1.807) is 12.3 Å². The fourth-order valence-electron chi connectivity index (χ4n) is 1.85. The van der Waals surface area contributed by atoms with Gasteiger partial charge in [-0.25, -0.2) is 0 Å². The quantitative estimate of drug-likeness (QED) is 0.614. The van der Waals surface area contributed by atoms with Gasteiger partial charge in [0, 0.05) is 22.2 Å². The number of ketones is 1. The number of benzene rings is 1. The van der Waals surface area contributed by atoms with Gasteiger partial charge in [0.15, 0.2) is 11.5 Å². The van der Waals surface area contributed by atoms with E-state index in [0.29, 0.717) is 5.69 Å². The number of hydrogen-bond acceptors (Lipinski definition) is 3. The second-order valence-electron chi connectivity index (χ2n) is 4.48. The Hall–Kier alpha value is -1.42. The molecule has 0 N–H and O–H groups in total. The Labute approximate surface area is 103 Å². The number of alkyl halides is 1. The van der Waals surface area contributed by atoms with Gasteiger partial charge in [-0.2, -0.15) is 0 Å². The zero-order chi connectivity index (χ0) is 12.6. The fourth-order valence-corrected chi connectivity index (χ4v) is 1.99. The lowest BCUT2D eigenvalue weighted by molar-refractivity contribution is -0.00698. The van der Waals surface area contributed by atoms with E-state index in [1.807, 2.05) is 13.8 Å². The minimum Gasteiger partial charge on any atom is -0.294 e. The van der Waals surface area contributed by atoms with Gasteiger partial charge in [-0.3, -0.25) is 14.7 Å². The second kappa shape index (κ2) is 4.11. The van der Waals surface area contributed by atoms with Gasteiger partial charge in [-0.1, -0.05) is 13.8 Å². The van der Waals surface area contributed by atoms with Gasteiger partial charge in [0.1, 0.15) is 0 Å². The highest BCUT2D eigenvalue weighted by Gasteiger charge is 2.29. The highest BCUT2D eigenvalue weighted by molar-refractivity contribution is 6.30. The summed E-state index contributed by atoms with van der Waals surface area (Å²) in [6, 6.07) is 3.02. The Bertz CT molecular complexity index is 511. The molecule has 1 aromatic carbocycles. The van der Waals surface area contributed by atoms with Crippen LogP contribution in [0.5, 0.6) is 5.75 Å². The predicted octanol–water partition coefficient (Wildman–Crippen LogP) is 3.36. The van der Waals surface area contributed by atoms with Crippen molar-refractivity contribution in [1.82, 2.24) is 0 Å². The van der Waals surface area contributed by atoms with Crippen LogP contribution >= 0.6 is 11.6 Å². The molecule has 90 valence electrons. The molecule has 0 aliphatic carbocycles. The number of halogens is 2. The molecule has 0 bridgehead atoms. The van der Waals surface area contributed by atoms with Crippen LogP contribution in [0, 0.1) is 0 Å². The Kier molecular flexibility index (Phi) is 2.91. The second-order valence-corrected chi connectivity index (χ2v) is 4.75. The normalized spacial score (nSPS) is 15.8. The average molecular weight is 256 g/mol. The van der Waals surface area contributed by atoms with Crippen LogP contribution in [0.1, 0.15) is 29.8 Å². The molecule has 0 spiro atoms. The zero-order valence-corrected chi connectivity index (χ0v) is 10.2. The summed E-state index contributed by atoms with van der Waals surface area (Å²) in [7, 11) is 0. The van der Waals surface area contributed by atoms with E-state index < -0.39 is 0 Å². The van der Waals surface area contributed by atoms with Crippen molar-refractivity contribution in [3.05, 3.63) is 23.3 Å². The van der Waals surface area contributed by atoms with E-state index in [9.17, 15) is 9.32 Å². The van der Waals surface area contributed by atoms with Crippen LogP contribution in [0.3, 0.4) is 0 Å². The van der Waals surface area contributed by atoms with Crippen molar-refractivity contribution in [3.8, 4) is 5.75 Å². The number of nitrogens with zero attached hydrogens (tertiary/aromatic N) is 1. The first-order chi connectivity index (χ1) is 7.99. The maximum atomic E-state index is 12.4. The molecule has 1 aromatic rings. The maximum absolute atomic E-state index is 12.4. The molecule has 1 aliphatic heterocycles. The summed E-state index contributed by atoms with van der Waals surface area (Å²) in [6.07, 6.45) is 1.76. The summed E-state index contributed by atoms with van der Waals surface area (Å²) < 4.78 is 12.4. The van der Waals surface area contributed by atoms with Crippen molar-refractivity contribution in [3.63, 3.8) is 0 Å². The minimum absolute atomic E-state index is 0.135. The van der Waals surface area contributed by atoms with Gasteiger partial charge >= 0.3 is 0 Å². The molecular formula is C12H11ClFNO2. The lowest BCUT2D eigenvalue weighted by Gasteiger charge is -2.16. The summed E-state index contributed by atoms with van der Waals surface area (Å²) in [6.45, 7) is 3.93. The molecule has 0 saturated carbocycles. The third-order valence-electron chi connectivity index (χ3n) is 2.82. The Balaban J connectivity index is 2.60. The monoisotopic (exact) mass is 255 g/mol. The molecule has 17 heavy (non-hydrogen) atoms. The molecule has 0 aromatic heterocycles. The van der Waals surface area contributed by atoms with Gasteiger partial charge in [0.25, 0.3) is 0 Å². The largest absolute Gasteiger partial charge is 0.294 e. The minimum atomic E-state index is -0.371. The standard InChI is InChI=1S/C12H11ClFNO2/c1-12(2)6-15-9-4-11(17-14)7(3-8(9)12)10(16)5-13/h3-4,6H,5H2,1-2H3. The Morgan fingerprint density at radius 3 is 2.82 bits per heavy atom. The summed E-state index contributed by atoms with van der Waals surface area (Å²) >= 11 is 5.48. The molecule has 0 amide bonds. The van der Waals surface area contributed by atoms with Crippen LogP contribution in [-0.2, 0) is 5.41 Å². The summed E-state index contributed by atoms with van der Waals surface area (Å²) in [5.41, 5.74) is 1.37. The van der Waals surface area contributed by atoms with Gasteiger partial charge < -0.3 is 0 Å². The van der Waals surface area contributed by atoms with Crippen molar-refractivity contribution in [1.29, 1.82) is 0 Å². The molecule has 0 atom stereocenters. The van der Waals surface area contributed by atoms with E-state index in [0.717, 1.165) is 5.56 Å². The van der Waals surface area contributed by atoms with Crippen LogP contribution in [0.25, 0.3) is 0 Å². The van der Waals surface area contributed by atoms with E-state index >= 15 is 0 Å². The zero-order valence-electron chi connectivity index (χ0n) is 9.46. The first-order valence-electron chi connectivity index (χ1n) is 5.11. The predicted molar refractivity (Wildman–Crippen MR) is 64.4 cm³/mol. The van der Waals surface area contributed by atoms with Crippen molar-refractivity contribution in [2.24, 2.45) is 4.99 Å². The Morgan fingerprint density at radius 1 is 1.53 bits per heavy atom. The number of carbonyl (C=O) groups excluding carboxylic acids is 1. The van der Waals surface area contributed by atoms with Crippen molar-refractivity contribution in [2.45, 2.75) is 19.3 Å². The number of carbonyl (C=O) groups is 1.